The van der Waals surface area contributed by atoms with Crippen LogP contribution in [-0.2, 0) is 26.2 Å². The summed E-state index contributed by atoms with van der Waals surface area (Å²) >= 11 is 12.5. The molecule has 208 valence electrons. The summed E-state index contributed by atoms with van der Waals surface area (Å²) in [6, 6.07) is 8.61. The molecule has 2 aromatic rings. The number of benzene rings is 2. The van der Waals surface area contributed by atoms with Crippen molar-refractivity contribution < 1.29 is 27.5 Å². The molecule has 0 aromatic heterocycles. The van der Waals surface area contributed by atoms with Crippen LogP contribution >= 0.6 is 23.2 Å². The van der Waals surface area contributed by atoms with Gasteiger partial charge in [0.15, 0.2) is 11.5 Å². The highest BCUT2D eigenvalue weighted by Crippen LogP contribution is 2.36. The van der Waals surface area contributed by atoms with Crippen molar-refractivity contribution >= 4 is 50.7 Å². The van der Waals surface area contributed by atoms with Crippen LogP contribution in [0.3, 0.4) is 0 Å². The molecule has 1 aliphatic heterocycles. The fourth-order valence-corrected chi connectivity index (χ4v) is 5.48. The molecule has 2 aromatic carbocycles. The molecule has 0 saturated heterocycles. The van der Waals surface area contributed by atoms with Crippen molar-refractivity contribution in [1.29, 1.82) is 0 Å². The third-order valence-corrected chi connectivity index (χ3v) is 8.69. The van der Waals surface area contributed by atoms with Gasteiger partial charge in [0.1, 0.15) is 12.6 Å². The summed E-state index contributed by atoms with van der Waals surface area (Å²) in [5.41, 5.74) is 0.832. The number of ether oxygens (including phenoxy) is 2. The lowest BCUT2D eigenvalue weighted by molar-refractivity contribution is -0.140. The fourth-order valence-electron chi connectivity index (χ4n) is 3.95. The number of rotatable bonds is 12. The van der Waals surface area contributed by atoms with Crippen LogP contribution in [0.15, 0.2) is 36.4 Å². The number of hydrogen-bond donors (Lipinski definition) is 1. The van der Waals surface area contributed by atoms with Crippen molar-refractivity contribution in [2.24, 2.45) is 0 Å². The van der Waals surface area contributed by atoms with Crippen LogP contribution in [0.25, 0.3) is 0 Å². The molecule has 38 heavy (non-hydrogen) atoms. The van der Waals surface area contributed by atoms with E-state index in [2.05, 4.69) is 5.32 Å². The zero-order chi connectivity index (χ0) is 28.0. The Morgan fingerprint density at radius 1 is 1.03 bits per heavy atom. The molecular formula is C26H33Cl2N3O6S. The summed E-state index contributed by atoms with van der Waals surface area (Å²) in [7, 11) is -3.88. The van der Waals surface area contributed by atoms with Gasteiger partial charge >= 0.3 is 0 Å². The monoisotopic (exact) mass is 585 g/mol. The van der Waals surface area contributed by atoms with Crippen molar-refractivity contribution in [3.63, 3.8) is 0 Å². The van der Waals surface area contributed by atoms with Crippen LogP contribution in [0.4, 0.5) is 5.69 Å². The predicted octanol–water partition coefficient (Wildman–Crippen LogP) is 4.60. The molecule has 2 atom stereocenters. The number of sulfonamides is 1. The largest absolute Gasteiger partial charge is 0.454 e. The second kappa shape index (κ2) is 12.9. The van der Waals surface area contributed by atoms with Crippen LogP contribution in [0.5, 0.6) is 11.5 Å². The van der Waals surface area contributed by atoms with Gasteiger partial charge in [-0.1, -0.05) is 43.1 Å². The van der Waals surface area contributed by atoms with E-state index in [4.69, 9.17) is 32.7 Å². The Hall–Kier alpha value is -2.69. The van der Waals surface area contributed by atoms with E-state index in [1.165, 1.54) is 17.9 Å². The lowest BCUT2D eigenvalue weighted by Gasteiger charge is -2.33. The molecule has 0 saturated carbocycles. The highest BCUT2D eigenvalue weighted by molar-refractivity contribution is 7.92. The number of carbonyl (C=O) groups is 2. The Balaban J connectivity index is 2.00. The van der Waals surface area contributed by atoms with Gasteiger partial charge in [-0.05, 0) is 56.5 Å². The number of anilines is 1. The maximum Gasteiger partial charge on any atom is 0.244 e. The number of nitrogens with one attached hydrogen (secondary N) is 1. The number of fused-ring (bicyclic) bond motifs is 1. The number of halogens is 2. The summed E-state index contributed by atoms with van der Waals surface area (Å²) < 4.78 is 38.0. The summed E-state index contributed by atoms with van der Waals surface area (Å²) in [6.07, 6.45) is 1.02. The van der Waals surface area contributed by atoms with Gasteiger partial charge in [-0.15, -0.1) is 0 Å². The van der Waals surface area contributed by atoms with E-state index in [0.717, 1.165) is 4.31 Å². The van der Waals surface area contributed by atoms with Gasteiger partial charge in [-0.25, -0.2) is 8.42 Å². The third kappa shape index (κ3) is 7.03. The standard InChI is InChI=1S/C26H33Cl2N3O6S/c1-5-17(4)29-26(33)22(6-2)30(14-18-8-9-19(27)12-21(18)28)25(32)15-31(38(34,35)7-3)20-10-11-23-24(13-20)37-16-36-23/h8-13,17,22H,5-7,14-16H2,1-4H3,(H,29,33)/t17-,22-/m1/s1. The van der Waals surface area contributed by atoms with E-state index >= 15 is 0 Å². The zero-order valence-electron chi connectivity index (χ0n) is 21.9. The molecule has 0 bridgehead atoms. The number of carbonyl (C=O) groups excluding carboxylic acids is 2. The first kappa shape index (κ1) is 29.9. The summed E-state index contributed by atoms with van der Waals surface area (Å²) in [6.45, 7) is 6.61. The van der Waals surface area contributed by atoms with E-state index < -0.39 is 28.5 Å². The van der Waals surface area contributed by atoms with Gasteiger partial charge in [0.05, 0.1) is 11.4 Å². The van der Waals surface area contributed by atoms with Crippen LogP contribution in [-0.4, -0.2) is 56.3 Å². The molecule has 9 nitrogen and oxygen atoms in total. The van der Waals surface area contributed by atoms with Gasteiger partial charge < -0.3 is 19.7 Å². The fraction of sp³-hybridized carbons (Fsp3) is 0.462. The van der Waals surface area contributed by atoms with Crippen molar-refractivity contribution in [1.82, 2.24) is 10.2 Å². The minimum absolute atomic E-state index is 0.0115. The van der Waals surface area contributed by atoms with E-state index in [0.29, 0.717) is 39.9 Å². The normalized spacial score (nSPS) is 14.1. The maximum absolute atomic E-state index is 13.9. The smallest absolute Gasteiger partial charge is 0.244 e. The molecule has 2 amide bonds. The SMILES string of the molecule is CC[C@@H](C)NC(=O)[C@@H](CC)N(Cc1ccc(Cl)cc1Cl)C(=O)CN(c1ccc2c(c1)OCO2)S(=O)(=O)CC. The first-order valence-electron chi connectivity index (χ1n) is 12.4. The predicted molar refractivity (Wildman–Crippen MR) is 148 cm³/mol. The van der Waals surface area contributed by atoms with Gasteiger partial charge in [0.25, 0.3) is 0 Å². The molecule has 1 heterocycles. The number of amides is 2. The minimum Gasteiger partial charge on any atom is -0.454 e. The van der Waals surface area contributed by atoms with Crippen molar-refractivity contribution in [3.05, 3.63) is 52.0 Å². The molecule has 3 rings (SSSR count). The number of nitrogens with zero attached hydrogens (tertiary/aromatic N) is 2. The Morgan fingerprint density at radius 2 is 1.74 bits per heavy atom. The highest BCUT2D eigenvalue weighted by atomic mass is 35.5. The first-order valence-corrected chi connectivity index (χ1v) is 14.8. The molecule has 0 radical (unpaired) electrons. The second-order valence-corrected chi connectivity index (χ2v) is 12.0. The average molecular weight is 587 g/mol. The van der Waals surface area contributed by atoms with Crippen LogP contribution in [0.1, 0.15) is 46.1 Å². The van der Waals surface area contributed by atoms with E-state index in [1.807, 2.05) is 13.8 Å². The second-order valence-electron chi connectivity index (χ2n) is 8.94. The van der Waals surface area contributed by atoms with Gasteiger partial charge in [0.2, 0.25) is 28.6 Å². The Morgan fingerprint density at radius 3 is 2.37 bits per heavy atom. The Labute approximate surface area is 234 Å². The molecule has 0 aliphatic carbocycles. The van der Waals surface area contributed by atoms with Gasteiger partial charge in [-0.3, -0.25) is 13.9 Å². The summed E-state index contributed by atoms with van der Waals surface area (Å²) in [5, 5.41) is 3.70. The third-order valence-electron chi connectivity index (χ3n) is 6.37. The average Bonchev–Trinajstić information content (AvgIpc) is 3.36. The van der Waals surface area contributed by atoms with Crippen molar-refractivity contribution in [3.8, 4) is 11.5 Å². The summed E-state index contributed by atoms with van der Waals surface area (Å²) in [4.78, 5) is 28.5. The van der Waals surface area contributed by atoms with E-state index in [-0.39, 0.29) is 36.7 Å². The Bertz CT molecular complexity index is 1270. The van der Waals surface area contributed by atoms with Crippen LogP contribution < -0.4 is 19.1 Å². The molecule has 1 N–H and O–H groups in total. The minimum atomic E-state index is -3.88. The number of hydrogen-bond acceptors (Lipinski definition) is 6. The van der Waals surface area contributed by atoms with E-state index in [9.17, 15) is 18.0 Å². The Kier molecular flexibility index (Phi) is 10.1. The zero-order valence-corrected chi connectivity index (χ0v) is 24.2. The van der Waals surface area contributed by atoms with Crippen LogP contribution in [0.2, 0.25) is 10.0 Å². The lowest BCUT2D eigenvalue weighted by Crippen LogP contribution is -2.53. The highest BCUT2D eigenvalue weighted by Gasteiger charge is 2.33. The van der Waals surface area contributed by atoms with Crippen molar-refractivity contribution in [2.75, 3.05) is 23.4 Å². The molecule has 12 heteroatoms. The molecule has 0 unspecified atom stereocenters. The maximum atomic E-state index is 13.9. The van der Waals surface area contributed by atoms with Crippen LogP contribution in [0, 0.1) is 0 Å². The topological polar surface area (TPSA) is 105 Å². The van der Waals surface area contributed by atoms with Gasteiger partial charge in [-0.2, -0.15) is 0 Å². The van der Waals surface area contributed by atoms with Crippen molar-refractivity contribution in [2.45, 2.75) is 59.2 Å². The van der Waals surface area contributed by atoms with Gasteiger partial charge in [0, 0.05) is 28.7 Å². The quantitative estimate of drug-likeness (QED) is 0.390. The molecule has 0 fully saturated rings. The van der Waals surface area contributed by atoms with E-state index in [1.54, 1.807) is 37.3 Å². The molecule has 1 aliphatic rings. The first-order chi connectivity index (χ1) is 18.0. The molecular weight excluding hydrogens is 553 g/mol. The summed E-state index contributed by atoms with van der Waals surface area (Å²) in [5.74, 6) is -0.245. The molecule has 0 spiro atoms. The lowest BCUT2D eigenvalue weighted by atomic mass is 10.1.